The van der Waals surface area contributed by atoms with E-state index >= 15 is 0 Å². The van der Waals surface area contributed by atoms with E-state index in [9.17, 15) is 0 Å². The third kappa shape index (κ3) is 2.92. The smallest absolute Gasteiger partial charge is 0.224 e. The quantitative estimate of drug-likeness (QED) is 0.773. The third-order valence-electron chi connectivity index (χ3n) is 2.20. The van der Waals surface area contributed by atoms with Crippen LogP contribution in [0.1, 0.15) is 11.3 Å². The molecule has 3 N–H and O–H groups in total. The van der Waals surface area contributed by atoms with Crippen molar-refractivity contribution in [3.63, 3.8) is 0 Å². The molecule has 0 saturated carbocycles. The van der Waals surface area contributed by atoms with E-state index in [1.807, 2.05) is 30.3 Å². The van der Waals surface area contributed by atoms with Gasteiger partial charge >= 0.3 is 0 Å². The van der Waals surface area contributed by atoms with Crippen molar-refractivity contribution in [2.24, 2.45) is 0 Å². The van der Waals surface area contributed by atoms with Crippen molar-refractivity contribution in [2.75, 3.05) is 11.1 Å². The van der Waals surface area contributed by atoms with Crippen LogP contribution in [0.5, 0.6) is 0 Å². The standard InChI is InChI=1S/C12H11N5/c13-7-11-5-6-15-12(17-11)16-8-9-1-3-10(14)4-2-9/h1-6H,8,14H2,(H,15,16,17). The largest absolute Gasteiger partial charge is 0.399 e. The Morgan fingerprint density at radius 1 is 1.24 bits per heavy atom. The summed E-state index contributed by atoms with van der Waals surface area (Å²) in [5, 5.41) is 11.7. The van der Waals surface area contributed by atoms with Crippen molar-refractivity contribution in [1.29, 1.82) is 5.26 Å². The van der Waals surface area contributed by atoms with Gasteiger partial charge in [0.15, 0.2) is 0 Å². The second kappa shape index (κ2) is 4.94. The molecule has 2 aromatic rings. The Hall–Kier alpha value is -2.61. The lowest BCUT2D eigenvalue weighted by Gasteiger charge is -2.04. The van der Waals surface area contributed by atoms with Gasteiger partial charge in [0.2, 0.25) is 5.95 Å². The summed E-state index contributed by atoms with van der Waals surface area (Å²) in [5.41, 5.74) is 7.74. The highest BCUT2D eigenvalue weighted by Crippen LogP contribution is 2.07. The Morgan fingerprint density at radius 3 is 2.71 bits per heavy atom. The highest BCUT2D eigenvalue weighted by atomic mass is 15.1. The van der Waals surface area contributed by atoms with Gasteiger partial charge in [0.05, 0.1) is 0 Å². The van der Waals surface area contributed by atoms with Crippen molar-refractivity contribution in [1.82, 2.24) is 9.97 Å². The number of hydrogen-bond acceptors (Lipinski definition) is 5. The van der Waals surface area contributed by atoms with Gasteiger partial charge in [-0.25, -0.2) is 9.97 Å². The maximum absolute atomic E-state index is 8.70. The van der Waals surface area contributed by atoms with Crippen LogP contribution >= 0.6 is 0 Å². The number of nitrogens with one attached hydrogen (secondary N) is 1. The van der Waals surface area contributed by atoms with Gasteiger partial charge in [0, 0.05) is 18.4 Å². The summed E-state index contributed by atoms with van der Waals surface area (Å²) < 4.78 is 0. The van der Waals surface area contributed by atoms with E-state index in [2.05, 4.69) is 15.3 Å². The normalized spacial score (nSPS) is 9.59. The van der Waals surface area contributed by atoms with E-state index < -0.39 is 0 Å². The predicted molar refractivity (Wildman–Crippen MR) is 64.9 cm³/mol. The molecule has 0 aliphatic heterocycles. The van der Waals surface area contributed by atoms with Crippen LogP contribution in [0.4, 0.5) is 11.6 Å². The Kier molecular flexibility index (Phi) is 3.17. The van der Waals surface area contributed by atoms with Crippen LogP contribution in [0.3, 0.4) is 0 Å². The molecule has 2 rings (SSSR count). The lowest BCUT2D eigenvalue weighted by molar-refractivity contribution is 1.04. The first-order valence-electron chi connectivity index (χ1n) is 5.09. The van der Waals surface area contributed by atoms with Gasteiger partial charge in [-0.3, -0.25) is 0 Å². The van der Waals surface area contributed by atoms with Crippen LogP contribution in [-0.4, -0.2) is 9.97 Å². The molecule has 17 heavy (non-hydrogen) atoms. The second-order valence-corrected chi connectivity index (χ2v) is 3.47. The Bertz CT molecular complexity index is 542. The molecule has 0 fully saturated rings. The lowest BCUT2D eigenvalue weighted by atomic mass is 10.2. The third-order valence-corrected chi connectivity index (χ3v) is 2.20. The zero-order valence-electron chi connectivity index (χ0n) is 9.09. The Morgan fingerprint density at radius 2 is 2.00 bits per heavy atom. The number of benzene rings is 1. The average molecular weight is 225 g/mol. The molecule has 84 valence electrons. The maximum Gasteiger partial charge on any atom is 0.224 e. The van der Waals surface area contributed by atoms with Crippen LogP contribution < -0.4 is 11.1 Å². The number of nitrogens with zero attached hydrogens (tertiary/aromatic N) is 3. The summed E-state index contributed by atoms with van der Waals surface area (Å²) in [6.07, 6.45) is 1.55. The molecule has 0 aliphatic rings. The van der Waals surface area contributed by atoms with E-state index in [-0.39, 0.29) is 0 Å². The average Bonchev–Trinajstić information content (AvgIpc) is 2.38. The molecule has 0 spiro atoms. The molecule has 1 aromatic carbocycles. The Labute approximate surface area is 98.9 Å². The zero-order chi connectivity index (χ0) is 12.1. The minimum absolute atomic E-state index is 0.347. The zero-order valence-corrected chi connectivity index (χ0v) is 9.09. The van der Waals surface area contributed by atoms with Crippen molar-refractivity contribution in [2.45, 2.75) is 6.54 Å². The van der Waals surface area contributed by atoms with E-state index in [0.717, 1.165) is 11.3 Å². The van der Waals surface area contributed by atoms with Crippen molar-refractivity contribution in [3.05, 3.63) is 47.8 Å². The van der Waals surface area contributed by atoms with E-state index in [0.29, 0.717) is 18.2 Å². The summed E-state index contributed by atoms with van der Waals surface area (Å²) >= 11 is 0. The number of anilines is 2. The van der Waals surface area contributed by atoms with Gasteiger partial charge in [-0.15, -0.1) is 0 Å². The topological polar surface area (TPSA) is 87.6 Å². The fraction of sp³-hybridized carbons (Fsp3) is 0.0833. The van der Waals surface area contributed by atoms with Gasteiger partial charge in [-0.05, 0) is 23.8 Å². The molecule has 1 heterocycles. The summed E-state index contributed by atoms with van der Waals surface area (Å²) in [4.78, 5) is 8.04. The maximum atomic E-state index is 8.70. The van der Waals surface area contributed by atoms with Gasteiger partial charge in [-0.1, -0.05) is 12.1 Å². The van der Waals surface area contributed by atoms with E-state index in [4.69, 9.17) is 11.0 Å². The molecule has 0 aliphatic carbocycles. The fourth-order valence-electron chi connectivity index (χ4n) is 1.32. The summed E-state index contributed by atoms with van der Waals surface area (Å²) in [6, 6.07) is 11.1. The molecule has 5 heteroatoms. The molecular formula is C12H11N5. The first kappa shape index (κ1) is 10.9. The van der Waals surface area contributed by atoms with E-state index in [1.165, 1.54) is 0 Å². The van der Waals surface area contributed by atoms with Crippen LogP contribution in [0, 0.1) is 11.3 Å². The molecule has 0 unspecified atom stereocenters. The Balaban J connectivity index is 2.02. The number of nitriles is 1. The van der Waals surface area contributed by atoms with Crippen LogP contribution in [0.15, 0.2) is 36.5 Å². The van der Waals surface area contributed by atoms with Crippen LogP contribution in [0.25, 0.3) is 0 Å². The molecule has 0 saturated heterocycles. The fourth-order valence-corrected chi connectivity index (χ4v) is 1.32. The number of nitrogens with two attached hydrogens (primary N) is 1. The van der Waals surface area contributed by atoms with Crippen LogP contribution in [-0.2, 0) is 6.54 Å². The summed E-state index contributed by atoms with van der Waals surface area (Å²) in [7, 11) is 0. The van der Waals surface area contributed by atoms with Crippen molar-refractivity contribution < 1.29 is 0 Å². The molecule has 0 amide bonds. The molecule has 5 nitrogen and oxygen atoms in total. The van der Waals surface area contributed by atoms with Gasteiger partial charge in [0.25, 0.3) is 0 Å². The highest BCUT2D eigenvalue weighted by molar-refractivity contribution is 5.40. The lowest BCUT2D eigenvalue weighted by Crippen LogP contribution is -2.04. The SMILES string of the molecule is N#Cc1ccnc(NCc2ccc(N)cc2)n1. The number of aromatic nitrogens is 2. The summed E-state index contributed by atoms with van der Waals surface area (Å²) in [5.74, 6) is 0.445. The monoisotopic (exact) mass is 225 g/mol. The van der Waals surface area contributed by atoms with Gasteiger partial charge < -0.3 is 11.1 Å². The van der Waals surface area contributed by atoms with E-state index in [1.54, 1.807) is 12.3 Å². The van der Waals surface area contributed by atoms with Crippen molar-refractivity contribution >= 4 is 11.6 Å². The van der Waals surface area contributed by atoms with Crippen molar-refractivity contribution in [3.8, 4) is 6.07 Å². The van der Waals surface area contributed by atoms with Gasteiger partial charge in [0.1, 0.15) is 11.8 Å². The minimum Gasteiger partial charge on any atom is -0.399 e. The number of hydrogen-bond donors (Lipinski definition) is 2. The first-order chi connectivity index (χ1) is 8.28. The first-order valence-corrected chi connectivity index (χ1v) is 5.09. The molecular weight excluding hydrogens is 214 g/mol. The second-order valence-electron chi connectivity index (χ2n) is 3.47. The molecule has 0 bridgehead atoms. The highest BCUT2D eigenvalue weighted by Gasteiger charge is 1.98. The molecule has 1 aromatic heterocycles. The van der Waals surface area contributed by atoms with Crippen LogP contribution in [0.2, 0.25) is 0 Å². The number of nitrogen functional groups attached to an aromatic ring is 1. The minimum atomic E-state index is 0.347. The molecule has 0 radical (unpaired) electrons. The summed E-state index contributed by atoms with van der Waals surface area (Å²) in [6.45, 7) is 0.592. The number of rotatable bonds is 3. The van der Waals surface area contributed by atoms with Gasteiger partial charge in [-0.2, -0.15) is 5.26 Å². The predicted octanol–water partition coefficient (Wildman–Crippen LogP) is 1.54. The molecule has 0 atom stereocenters.